The fourth-order valence-electron chi connectivity index (χ4n) is 5.42. The summed E-state index contributed by atoms with van der Waals surface area (Å²) in [6, 6.07) is 9.21. The molecule has 0 unspecified atom stereocenters. The summed E-state index contributed by atoms with van der Waals surface area (Å²) >= 11 is 0. The molecule has 0 amide bonds. The molecule has 2 aromatic carbocycles. The van der Waals surface area contributed by atoms with Gasteiger partial charge >= 0.3 is 5.69 Å². The number of nitrogens with zero attached hydrogens (tertiary/aromatic N) is 2. The van der Waals surface area contributed by atoms with Gasteiger partial charge in [0.25, 0.3) is 5.56 Å². The zero-order valence-electron chi connectivity index (χ0n) is 20.7. The summed E-state index contributed by atoms with van der Waals surface area (Å²) in [6.07, 6.45) is 1.61. The van der Waals surface area contributed by atoms with Crippen molar-refractivity contribution in [2.75, 3.05) is 47.6 Å². The summed E-state index contributed by atoms with van der Waals surface area (Å²) in [5.74, 6) is 3.57. The summed E-state index contributed by atoms with van der Waals surface area (Å²) in [5, 5.41) is 0.401. The zero-order valence-corrected chi connectivity index (χ0v) is 21.6. The van der Waals surface area contributed by atoms with E-state index in [0.717, 1.165) is 50.6 Å². The van der Waals surface area contributed by atoms with Crippen LogP contribution in [-0.2, 0) is 6.54 Å². The molecule has 36 heavy (non-hydrogen) atoms. The fraction of sp³-hybridized carbons (Fsp3) is 0.462. The van der Waals surface area contributed by atoms with Crippen molar-refractivity contribution < 1.29 is 18.9 Å². The highest BCUT2D eigenvalue weighted by Gasteiger charge is 2.40. The third-order valence-corrected chi connectivity index (χ3v) is 7.18. The Morgan fingerprint density at radius 1 is 0.972 bits per heavy atom. The molecule has 5 rings (SSSR count). The maximum Gasteiger partial charge on any atom is 0.328 e. The Morgan fingerprint density at radius 2 is 1.69 bits per heavy atom. The van der Waals surface area contributed by atoms with Gasteiger partial charge in [-0.25, -0.2) is 4.79 Å². The fourth-order valence-corrected chi connectivity index (χ4v) is 5.42. The number of methoxy groups -OCH3 is 3. The number of nitrogens with one attached hydrogen (secondary N) is 1. The Morgan fingerprint density at radius 3 is 2.44 bits per heavy atom. The molecule has 10 heteroatoms. The zero-order chi connectivity index (χ0) is 24.5. The van der Waals surface area contributed by atoms with Crippen LogP contribution in [0.15, 0.2) is 39.9 Å². The maximum atomic E-state index is 13.0. The Labute approximate surface area is 215 Å². The number of ether oxygens (including phenoxy) is 4. The second kappa shape index (κ2) is 10.8. The number of halogens is 1. The van der Waals surface area contributed by atoms with Crippen LogP contribution in [0.4, 0.5) is 0 Å². The standard InChI is InChI=1S/C26H31N3O6.ClH/c1-32-20-7-6-8-21-24(20)18-14-28(13-16(18)15-35-21)9-4-5-10-29-25(30)17-11-22(33-2)23(34-3)12-19(17)27-26(29)31;/h6-8,11-12,16,18H,4-5,9-10,13-15H2,1-3H3,(H,27,31);1H/t16-,18+;/m1./s1. The second-order valence-corrected chi connectivity index (χ2v) is 9.16. The number of hydrogen-bond acceptors (Lipinski definition) is 7. The van der Waals surface area contributed by atoms with Crippen LogP contribution in [-0.4, -0.2) is 62.0 Å². The van der Waals surface area contributed by atoms with Crippen LogP contribution in [0.3, 0.4) is 0 Å². The first kappa shape index (κ1) is 25.9. The number of aromatic amines is 1. The molecular weight excluding hydrogens is 486 g/mol. The molecule has 1 fully saturated rings. The third kappa shape index (κ3) is 4.65. The number of likely N-dealkylation sites (tertiary alicyclic amines) is 1. The van der Waals surface area contributed by atoms with Gasteiger partial charge in [0.2, 0.25) is 0 Å². The smallest absolute Gasteiger partial charge is 0.328 e. The molecule has 0 aliphatic carbocycles. The van der Waals surface area contributed by atoms with E-state index in [2.05, 4.69) is 9.88 Å². The van der Waals surface area contributed by atoms with E-state index in [1.807, 2.05) is 18.2 Å². The molecule has 1 aromatic heterocycles. The summed E-state index contributed by atoms with van der Waals surface area (Å²) < 4.78 is 23.5. The molecule has 1 saturated heterocycles. The first-order valence-electron chi connectivity index (χ1n) is 11.9. The lowest BCUT2D eigenvalue weighted by Gasteiger charge is -2.29. The van der Waals surface area contributed by atoms with Crippen molar-refractivity contribution in [3.63, 3.8) is 0 Å². The molecule has 1 N–H and O–H groups in total. The molecule has 0 bridgehead atoms. The van der Waals surface area contributed by atoms with Crippen molar-refractivity contribution in [1.29, 1.82) is 0 Å². The van der Waals surface area contributed by atoms with E-state index in [9.17, 15) is 9.59 Å². The Hall–Kier alpha value is -3.17. The van der Waals surface area contributed by atoms with Crippen LogP contribution in [0, 0.1) is 5.92 Å². The van der Waals surface area contributed by atoms with Crippen LogP contribution in [0.25, 0.3) is 10.9 Å². The van der Waals surface area contributed by atoms with Crippen molar-refractivity contribution in [2.45, 2.75) is 25.3 Å². The van der Waals surface area contributed by atoms with E-state index in [0.29, 0.717) is 40.8 Å². The van der Waals surface area contributed by atoms with E-state index in [-0.39, 0.29) is 18.0 Å². The van der Waals surface area contributed by atoms with E-state index >= 15 is 0 Å². The highest BCUT2D eigenvalue weighted by atomic mass is 35.5. The SMILES string of the molecule is COc1cc2[nH]c(=O)n(CCCCN3C[C@@H]4COc5cccc(OC)c5[C@H]4C3)c(=O)c2cc1OC.Cl. The quantitative estimate of drug-likeness (QED) is 0.459. The number of rotatable bonds is 8. The molecule has 3 aromatic rings. The predicted molar refractivity (Wildman–Crippen MR) is 140 cm³/mol. The number of unbranched alkanes of at least 4 members (excludes halogenated alkanes) is 1. The van der Waals surface area contributed by atoms with Crippen LogP contribution < -0.4 is 30.2 Å². The Kier molecular flexibility index (Phi) is 7.80. The van der Waals surface area contributed by atoms with Gasteiger partial charge in [0.05, 0.1) is 38.8 Å². The largest absolute Gasteiger partial charge is 0.496 e. The van der Waals surface area contributed by atoms with Gasteiger partial charge in [0.15, 0.2) is 11.5 Å². The van der Waals surface area contributed by atoms with Gasteiger partial charge < -0.3 is 28.8 Å². The van der Waals surface area contributed by atoms with E-state index in [4.69, 9.17) is 18.9 Å². The number of hydrogen-bond donors (Lipinski definition) is 1. The molecule has 2 aliphatic heterocycles. The second-order valence-electron chi connectivity index (χ2n) is 9.16. The van der Waals surface area contributed by atoms with Gasteiger partial charge in [0, 0.05) is 43.1 Å². The minimum atomic E-state index is -0.414. The third-order valence-electron chi connectivity index (χ3n) is 7.18. The topological polar surface area (TPSA) is 95.0 Å². The van der Waals surface area contributed by atoms with Gasteiger partial charge in [-0.15, -0.1) is 12.4 Å². The maximum absolute atomic E-state index is 13.0. The monoisotopic (exact) mass is 517 g/mol. The number of benzene rings is 2. The lowest BCUT2D eigenvalue weighted by Crippen LogP contribution is -2.35. The van der Waals surface area contributed by atoms with E-state index in [1.54, 1.807) is 19.2 Å². The van der Waals surface area contributed by atoms with Crippen LogP contribution in [0.1, 0.15) is 24.3 Å². The van der Waals surface area contributed by atoms with Crippen molar-refractivity contribution in [2.24, 2.45) is 5.92 Å². The summed E-state index contributed by atoms with van der Waals surface area (Å²) in [7, 11) is 4.73. The van der Waals surface area contributed by atoms with Crippen LogP contribution in [0.5, 0.6) is 23.0 Å². The van der Waals surface area contributed by atoms with Gasteiger partial charge in [-0.05, 0) is 37.6 Å². The first-order valence-corrected chi connectivity index (χ1v) is 11.9. The lowest BCUT2D eigenvalue weighted by atomic mass is 9.86. The van der Waals surface area contributed by atoms with Crippen molar-refractivity contribution in [3.8, 4) is 23.0 Å². The van der Waals surface area contributed by atoms with Crippen LogP contribution in [0.2, 0.25) is 0 Å². The van der Waals surface area contributed by atoms with E-state index < -0.39 is 5.69 Å². The van der Waals surface area contributed by atoms with Crippen molar-refractivity contribution in [1.82, 2.24) is 14.5 Å². The predicted octanol–water partition coefficient (Wildman–Crippen LogP) is 3.03. The van der Waals surface area contributed by atoms with Gasteiger partial charge in [-0.2, -0.15) is 0 Å². The van der Waals surface area contributed by atoms with E-state index in [1.165, 1.54) is 24.4 Å². The molecule has 3 heterocycles. The Bertz CT molecular complexity index is 1340. The minimum absolute atomic E-state index is 0. The van der Waals surface area contributed by atoms with Crippen molar-refractivity contribution >= 4 is 23.3 Å². The van der Waals surface area contributed by atoms with Crippen LogP contribution >= 0.6 is 12.4 Å². The average molecular weight is 518 g/mol. The van der Waals surface area contributed by atoms with Gasteiger partial charge in [0.1, 0.15) is 11.5 Å². The highest BCUT2D eigenvalue weighted by Crippen LogP contribution is 2.46. The molecule has 194 valence electrons. The molecule has 0 saturated carbocycles. The summed E-state index contributed by atoms with van der Waals surface area (Å²) in [5.41, 5.74) is 0.877. The Balaban J connectivity index is 0.00000304. The molecule has 2 aliphatic rings. The summed E-state index contributed by atoms with van der Waals surface area (Å²) in [4.78, 5) is 30.9. The lowest BCUT2D eigenvalue weighted by molar-refractivity contribution is 0.209. The molecule has 0 spiro atoms. The summed E-state index contributed by atoms with van der Waals surface area (Å²) in [6.45, 7) is 3.92. The van der Waals surface area contributed by atoms with Crippen molar-refractivity contribution in [3.05, 3.63) is 56.7 Å². The molecule has 2 atom stereocenters. The van der Waals surface area contributed by atoms with Gasteiger partial charge in [-0.3, -0.25) is 9.36 Å². The average Bonchev–Trinajstić information content (AvgIpc) is 3.30. The normalized spacial score (nSPS) is 18.6. The highest BCUT2D eigenvalue weighted by molar-refractivity contribution is 5.85. The molecule has 9 nitrogen and oxygen atoms in total. The van der Waals surface area contributed by atoms with Gasteiger partial charge in [-0.1, -0.05) is 6.07 Å². The number of fused-ring (bicyclic) bond motifs is 4. The first-order chi connectivity index (χ1) is 17.0. The number of H-pyrrole nitrogens is 1. The molecule has 0 radical (unpaired) electrons. The minimum Gasteiger partial charge on any atom is -0.496 e. The molecular formula is C26H32ClN3O6. The number of aromatic nitrogens is 2.